The van der Waals surface area contributed by atoms with Gasteiger partial charge in [-0.3, -0.25) is 4.79 Å². The maximum Gasteiger partial charge on any atom is 0.220 e. The van der Waals surface area contributed by atoms with Crippen LogP contribution in [0.2, 0.25) is 0 Å². The summed E-state index contributed by atoms with van der Waals surface area (Å²) in [6, 6.07) is 7.50. The van der Waals surface area contributed by atoms with Gasteiger partial charge in [-0.05, 0) is 18.1 Å². The van der Waals surface area contributed by atoms with E-state index in [-0.39, 0.29) is 12.5 Å². The largest absolute Gasteiger partial charge is 0.399 e. The minimum atomic E-state index is -0.0627. The lowest BCUT2D eigenvalue weighted by Gasteiger charge is -2.05. The predicted octanol–water partition coefficient (Wildman–Crippen LogP) is 0.310. The van der Waals surface area contributed by atoms with Gasteiger partial charge >= 0.3 is 0 Å². The number of nitrogen functional groups attached to an aromatic ring is 1. The molecule has 15 heavy (non-hydrogen) atoms. The molecule has 0 aliphatic rings. The maximum absolute atomic E-state index is 11.2. The SMILES string of the molecule is Nc1ccccc1CCC(=O)NCCO. The smallest absolute Gasteiger partial charge is 0.220 e. The fourth-order valence-electron chi connectivity index (χ4n) is 1.29. The van der Waals surface area contributed by atoms with Gasteiger partial charge in [-0.2, -0.15) is 0 Å². The van der Waals surface area contributed by atoms with E-state index >= 15 is 0 Å². The van der Waals surface area contributed by atoms with Crippen LogP contribution < -0.4 is 11.1 Å². The Balaban J connectivity index is 2.37. The monoisotopic (exact) mass is 208 g/mol. The minimum absolute atomic E-state index is 0.0286. The minimum Gasteiger partial charge on any atom is -0.399 e. The van der Waals surface area contributed by atoms with Gasteiger partial charge in [0.15, 0.2) is 0 Å². The second-order valence-corrected chi connectivity index (χ2v) is 3.27. The number of aryl methyl sites for hydroxylation is 1. The summed E-state index contributed by atoms with van der Waals surface area (Å²) >= 11 is 0. The number of nitrogens with two attached hydrogens (primary N) is 1. The van der Waals surface area contributed by atoms with Crippen molar-refractivity contribution in [2.24, 2.45) is 0 Å². The van der Waals surface area contributed by atoms with E-state index < -0.39 is 0 Å². The van der Waals surface area contributed by atoms with Crippen molar-refractivity contribution >= 4 is 11.6 Å². The topological polar surface area (TPSA) is 75.4 Å². The van der Waals surface area contributed by atoms with Crippen LogP contribution in [-0.2, 0) is 11.2 Å². The van der Waals surface area contributed by atoms with Gasteiger partial charge in [-0.15, -0.1) is 0 Å². The summed E-state index contributed by atoms with van der Waals surface area (Å²) in [4.78, 5) is 11.2. The number of para-hydroxylation sites is 1. The first-order chi connectivity index (χ1) is 7.24. The molecule has 1 aromatic rings. The number of carbonyl (C=O) groups is 1. The van der Waals surface area contributed by atoms with Crippen molar-refractivity contribution in [2.45, 2.75) is 12.8 Å². The standard InChI is InChI=1S/C11H16N2O2/c12-10-4-2-1-3-9(10)5-6-11(15)13-7-8-14/h1-4,14H,5-8,12H2,(H,13,15). The lowest BCUT2D eigenvalue weighted by molar-refractivity contribution is -0.121. The average Bonchev–Trinajstić information content (AvgIpc) is 2.25. The first-order valence-corrected chi connectivity index (χ1v) is 4.95. The van der Waals surface area contributed by atoms with Gasteiger partial charge in [0.25, 0.3) is 0 Å². The highest BCUT2D eigenvalue weighted by Gasteiger charge is 2.03. The van der Waals surface area contributed by atoms with E-state index in [1.807, 2.05) is 24.3 Å². The third-order valence-electron chi connectivity index (χ3n) is 2.11. The quantitative estimate of drug-likeness (QED) is 0.610. The number of aliphatic hydroxyl groups is 1. The molecule has 0 saturated carbocycles. The second-order valence-electron chi connectivity index (χ2n) is 3.27. The van der Waals surface area contributed by atoms with E-state index in [9.17, 15) is 4.79 Å². The molecule has 0 saturated heterocycles. The number of nitrogens with one attached hydrogen (secondary N) is 1. The zero-order valence-electron chi connectivity index (χ0n) is 8.57. The average molecular weight is 208 g/mol. The molecule has 1 amide bonds. The summed E-state index contributed by atoms with van der Waals surface area (Å²) in [7, 11) is 0. The van der Waals surface area contributed by atoms with E-state index in [1.54, 1.807) is 0 Å². The Morgan fingerprint density at radius 2 is 2.13 bits per heavy atom. The molecule has 0 radical (unpaired) electrons. The Labute approximate surface area is 89.1 Å². The molecule has 0 spiro atoms. The first kappa shape index (κ1) is 11.5. The Kier molecular flexibility index (Phi) is 4.63. The van der Waals surface area contributed by atoms with Gasteiger partial charge in [0.05, 0.1) is 6.61 Å². The molecule has 0 unspecified atom stereocenters. The van der Waals surface area contributed by atoms with Crippen LogP contribution >= 0.6 is 0 Å². The number of rotatable bonds is 5. The van der Waals surface area contributed by atoms with Crippen LogP contribution in [0.25, 0.3) is 0 Å². The van der Waals surface area contributed by atoms with Crippen molar-refractivity contribution in [3.8, 4) is 0 Å². The molecule has 0 heterocycles. The molecule has 4 heteroatoms. The second kappa shape index (κ2) is 6.03. The zero-order chi connectivity index (χ0) is 11.1. The van der Waals surface area contributed by atoms with E-state index in [4.69, 9.17) is 10.8 Å². The van der Waals surface area contributed by atoms with Gasteiger partial charge in [-0.1, -0.05) is 18.2 Å². The predicted molar refractivity (Wildman–Crippen MR) is 59.3 cm³/mol. The van der Waals surface area contributed by atoms with Crippen molar-refractivity contribution in [3.63, 3.8) is 0 Å². The van der Waals surface area contributed by atoms with Crippen LogP contribution in [0.15, 0.2) is 24.3 Å². The van der Waals surface area contributed by atoms with E-state index in [0.717, 1.165) is 5.56 Å². The summed E-state index contributed by atoms with van der Waals surface area (Å²) in [5, 5.41) is 11.1. The van der Waals surface area contributed by atoms with Crippen LogP contribution in [0, 0.1) is 0 Å². The molecule has 0 aliphatic carbocycles. The molecule has 0 aromatic heterocycles. The van der Waals surface area contributed by atoms with Crippen molar-refractivity contribution in [1.29, 1.82) is 0 Å². The number of benzene rings is 1. The highest BCUT2D eigenvalue weighted by atomic mass is 16.3. The van der Waals surface area contributed by atoms with E-state index in [2.05, 4.69) is 5.32 Å². The molecule has 0 atom stereocenters. The van der Waals surface area contributed by atoms with E-state index in [1.165, 1.54) is 0 Å². The van der Waals surface area contributed by atoms with Gasteiger partial charge in [0.1, 0.15) is 0 Å². The molecule has 4 nitrogen and oxygen atoms in total. The highest BCUT2D eigenvalue weighted by Crippen LogP contribution is 2.12. The molecule has 0 fully saturated rings. The first-order valence-electron chi connectivity index (χ1n) is 4.95. The summed E-state index contributed by atoms with van der Waals surface area (Å²) in [6.45, 7) is 0.280. The van der Waals surface area contributed by atoms with Gasteiger partial charge < -0.3 is 16.2 Å². The van der Waals surface area contributed by atoms with Gasteiger partial charge in [0.2, 0.25) is 5.91 Å². The molecular formula is C11H16N2O2. The zero-order valence-corrected chi connectivity index (χ0v) is 8.57. The summed E-state index contributed by atoms with van der Waals surface area (Å²) in [5.74, 6) is -0.0627. The number of hydrogen-bond donors (Lipinski definition) is 3. The Bertz CT molecular complexity index is 326. The van der Waals surface area contributed by atoms with Crippen molar-refractivity contribution in [1.82, 2.24) is 5.32 Å². The number of carbonyl (C=O) groups excluding carboxylic acids is 1. The summed E-state index contributed by atoms with van der Waals surface area (Å²) in [5.41, 5.74) is 7.43. The summed E-state index contributed by atoms with van der Waals surface area (Å²) in [6.07, 6.45) is 1.03. The molecule has 0 bridgehead atoms. The number of amides is 1. The Morgan fingerprint density at radius 3 is 2.80 bits per heavy atom. The van der Waals surface area contributed by atoms with Gasteiger partial charge in [0, 0.05) is 18.7 Å². The molecule has 0 aliphatic heterocycles. The van der Waals surface area contributed by atoms with Crippen LogP contribution in [0.3, 0.4) is 0 Å². The molecule has 1 rings (SSSR count). The third-order valence-corrected chi connectivity index (χ3v) is 2.11. The lowest BCUT2D eigenvalue weighted by Crippen LogP contribution is -2.26. The number of aliphatic hydroxyl groups excluding tert-OH is 1. The normalized spacial score (nSPS) is 9.93. The fraction of sp³-hybridized carbons (Fsp3) is 0.364. The Hall–Kier alpha value is -1.55. The van der Waals surface area contributed by atoms with Crippen molar-refractivity contribution < 1.29 is 9.90 Å². The van der Waals surface area contributed by atoms with Crippen LogP contribution in [-0.4, -0.2) is 24.2 Å². The number of hydrogen-bond acceptors (Lipinski definition) is 3. The number of anilines is 1. The molecular weight excluding hydrogens is 192 g/mol. The fourth-order valence-corrected chi connectivity index (χ4v) is 1.29. The highest BCUT2D eigenvalue weighted by molar-refractivity contribution is 5.76. The van der Waals surface area contributed by atoms with Crippen molar-refractivity contribution in [2.75, 3.05) is 18.9 Å². The molecule has 82 valence electrons. The van der Waals surface area contributed by atoms with E-state index in [0.29, 0.717) is 25.1 Å². The van der Waals surface area contributed by atoms with Crippen molar-refractivity contribution in [3.05, 3.63) is 29.8 Å². The van der Waals surface area contributed by atoms with Crippen LogP contribution in [0.5, 0.6) is 0 Å². The van der Waals surface area contributed by atoms with Crippen LogP contribution in [0.1, 0.15) is 12.0 Å². The van der Waals surface area contributed by atoms with Gasteiger partial charge in [-0.25, -0.2) is 0 Å². The Morgan fingerprint density at radius 1 is 1.40 bits per heavy atom. The maximum atomic E-state index is 11.2. The third kappa shape index (κ3) is 3.99. The molecule has 1 aromatic carbocycles. The molecule has 4 N–H and O–H groups in total. The summed E-state index contributed by atoms with van der Waals surface area (Å²) < 4.78 is 0. The lowest BCUT2D eigenvalue weighted by atomic mass is 10.1. The van der Waals surface area contributed by atoms with Crippen LogP contribution in [0.4, 0.5) is 5.69 Å².